The van der Waals surface area contributed by atoms with Gasteiger partial charge in [-0.3, -0.25) is 4.79 Å². The molecule has 6 rings (SSSR count). The maximum Gasteiger partial charge on any atom is 0.243 e. The minimum atomic E-state index is -3.64. The Kier molecular flexibility index (Phi) is 4.95. The lowest BCUT2D eigenvalue weighted by Crippen LogP contribution is -2.61. The van der Waals surface area contributed by atoms with Crippen molar-refractivity contribution in [2.24, 2.45) is 23.7 Å². The van der Waals surface area contributed by atoms with Gasteiger partial charge in [0, 0.05) is 23.7 Å². The van der Waals surface area contributed by atoms with Crippen LogP contribution in [0.5, 0.6) is 0 Å². The first-order chi connectivity index (χ1) is 13.8. The molecule has 4 aliphatic carbocycles. The SMILES string of the molecule is O=C(NC12CC3CC(CC(C3)C1)C2)C1CCCN(S(=O)(=O)c2cccc(Cl)c2)C1. The molecular weight excluding hydrogens is 408 g/mol. The number of nitrogens with zero attached hydrogens (tertiary/aromatic N) is 1. The number of benzene rings is 1. The molecule has 4 bridgehead atoms. The first kappa shape index (κ1) is 19.8. The fraction of sp³-hybridized carbons (Fsp3) is 0.682. The quantitative estimate of drug-likeness (QED) is 0.780. The van der Waals surface area contributed by atoms with Crippen LogP contribution in [-0.2, 0) is 14.8 Å². The van der Waals surface area contributed by atoms with Crippen LogP contribution in [0.15, 0.2) is 29.2 Å². The number of amides is 1. The van der Waals surface area contributed by atoms with Crippen molar-refractivity contribution in [3.63, 3.8) is 0 Å². The Morgan fingerprint density at radius 1 is 1.10 bits per heavy atom. The van der Waals surface area contributed by atoms with E-state index in [-0.39, 0.29) is 28.8 Å². The lowest BCUT2D eigenvalue weighted by atomic mass is 9.53. The van der Waals surface area contributed by atoms with Gasteiger partial charge >= 0.3 is 0 Å². The number of carbonyl (C=O) groups excluding carboxylic acids is 1. The third-order valence-electron chi connectivity index (χ3n) is 7.62. The van der Waals surface area contributed by atoms with E-state index < -0.39 is 10.0 Å². The number of carbonyl (C=O) groups is 1. The van der Waals surface area contributed by atoms with Gasteiger partial charge < -0.3 is 5.32 Å². The van der Waals surface area contributed by atoms with Crippen LogP contribution in [0.25, 0.3) is 0 Å². The van der Waals surface area contributed by atoms with Crippen molar-refractivity contribution in [2.75, 3.05) is 13.1 Å². The van der Waals surface area contributed by atoms with Crippen molar-refractivity contribution in [3.8, 4) is 0 Å². The summed E-state index contributed by atoms with van der Waals surface area (Å²) in [6.07, 6.45) is 8.81. The predicted molar refractivity (Wildman–Crippen MR) is 112 cm³/mol. The van der Waals surface area contributed by atoms with Gasteiger partial charge in [0.25, 0.3) is 0 Å². The van der Waals surface area contributed by atoms with Crippen LogP contribution in [0.2, 0.25) is 5.02 Å². The summed E-state index contributed by atoms with van der Waals surface area (Å²) in [6.45, 7) is 0.711. The summed E-state index contributed by atoms with van der Waals surface area (Å²) >= 11 is 5.99. The summed E-state index contributed by atoms with van der Waals surface area (Å²) in [5, 5.41) is 3.84. The van der Waals surface area contributed by atoms with E-state index in [2.05, 4.69) is 5.32 Å². The molecule has 1 saturated heterocycles. The molecule has 1 aromatic rings. The number of hydrogen-bond donors (Lipinski definition) is 1. The van der Waals surface area contributed by atoms with E-state index in [1.807, 2.05) is 0 Å². The lowest BCUT2D eigenvalue weighted by molar-refractivity contribution is -0.131. The summed E-state index contributed by atoms with van der Waals surface area (Å²) in [7, 11) is -3.64. The average molecular weight is 437 g/mol. The normalized spacial score (nSPS) is 36.9. The molecule has 5 aliphatic rings. The van der Waals surface area contributed by atoms with Crippen LogP contribution < -0.4 is 5.32 Å². The van der Waals surface area contributed by atoms with E-state index in [0.29, 0.717) is 18.0 Å². The maximum absolute atomic E-state index is 13.2. The van der Waals surface area contributed by atoms with Gasteiger partial charge in [-0.25, -0.2) is 8.42 Å². The number of piperidine rings is 1. The molecular formula is C22H29ClN2O3S. The van der Waals surface area contributed by atoms with Gasteiger partial charge in [-0.15, -0.1) is 0 Å². The standard InChI is InChI=1S/C22H29ClN2O3S/c23-19-4-1-5-20(10-19)29(27,28)25-6-2-3-18(14-25)21(26)24-22-11-15-7-16(12-22)9-17(8-15)13-22/h1,4-5,10,15-18H,2-3,6-9,11-14H2,(H,24,26). The molecule has 0 spiro atoms. The zero-order valence-corrected chi connectivity index (χ0v) is 18.2. The van der Waals surface area contributed by atoms with Gasteiger partial charge in [0.05, 0.1) is 10.8 Å². The smallest absolute Gasteiger partial charge is 0.243 e. The van der Waals surface area contributed by atoms with Crippen molar-refractivity contribution in [1.29, 1.82) is 0 Å². The lowest BCUT2D eigenvalue weighted by Gasteiger charge is -2.57. The van der Waals surface area contributed by atoms with Crippen LogP contribution in [0.1, 0.15) is 51.4 Å². The molecule has 4 saturated carbocycles. The average Bonchev–Trinajstić information content (AvgIpc) is 2.66. The Bertz CT molecular complexity index is 881. The number of nitrogens with one attached hydrogen (secondary N) is 1. The van der Waals surface area contributed by atoms with Gasteiger partial charge in [0.1, 0.15) is 0 Å². The molecule has 1 aliphatic heterocycles. The van der Waals surface area contributed by atoms with Crippen LogP contribution in [0, 0.1) is 23.7 Å². The molecule has 1 heterocycles. The minimum absolute atomic E-state index is 0.0278. The highest BCUT2D eigenvalue weighted by molar-refractivity contribution is 7.89. The Morgan fingerprint density at radius 2 is 1.76 bits per heavy atom. The first-order valence-corrected chi connectivity index (χ1v) is 12.7. The van der Waals surface area contributed by atoms with Gasteiger partial charge in [0.2, 0.25) is 15.9 Å². The van der Waals surface area contributed by atoms with E-state index in [4.69, 9.17) is 11.6 Å². The number of rotatable bonds is 4. The molecule has 29 heavy (non-hydrogen) atoms. The molecule has 158 valence electrons. The van der Waals surface area contributed by atoms with Gasteiger partial charge in [-0.05, 0) is 87.3 Å². The maximum atomic E-state index is 13.2. The monoisotopic (exact) mass is 436 g/mol. The summed E-state index contributed by atoms with van der Waals surface area (Å²) in [5.41, 5.74) is -0.0278. The topological polar surface area (TPSA) is 66.5 Å². The summed E-state index contributed by atoms with van der Waals surface area (Å²) in [5.74, 6) is 2.09. The fourth-order valence-corrected chi connectivity index (χ4v) is 8.60. The molecule has 1 aromatic carbocycles. The van der Waals surface area contributed by atoms with Crippen molar-refractivity contribution in [2.45, 2.75) is 61.8 Å². The van der Waals surface area contributed by atoms with E-state index in [1.54, 1.807) is 18.2 Å². The highest BCUT2D eigenvalue weighted by atomic mass is 35.5. The van der Waals surface area contributed by atoms with Crippen molar-refractivity contribution in [1.82, 2.24) is 9.62 Å². The van der Waals surface area contributed by atoms with Crippen molar-refractivity contribution >= 4 is 27.5 Å². The summed E-state index contributed by atoms with van der Waals surface area (Å²) < 4.78 is 27.6. The molecule has 1 amide bonds. The van der Waals surface area contributed by atoms with Gasteiger partial charge in [0.15, 0.2) is 0 Å². The highest BCUT2D eigenvalue weighted by Gasteiger charge is 2.52. The van der Waals surface area contributed by atoms with E-state index in [0.717, 1.165) is 43.4 Å². The molecule has 1 unspecified atom stereocenters. The Balaban J connectivity index is 1.29. The van der Waals surface area contributed by atoms with Crippen molar-refractivity contribution in [3.05, 3.63) is 29.3 Å². The summed E-state index contributed by atoms with van der Waals surface area (Å²) in [4.78, 5) is 13.4. The molecule has 0 radical (unpaired) electrons. The van der Waals surface area contributed by atoms with Crippen LogP contribution in [0.3, 0.4) is 0 Å². The second-order valence-electron chi connectivity index (χ2n) is 9.85. The Morgan fingerprint density at radius 3 is 2.38 bits per heavy atom. The number of sulfonamides is 1. The number of halogens is 1. The van der Waals surface area contributed by atoms with Gasteiger partial charge in [-0.1, -0.05) is 17.7 Å². The van der Waals surface area contributed by atoms with Crippen LogP contribution >= 0.6 is 11.6 Å². The summed E-state index contributed by atoms with van der Waals surface area (Å²) in [6, 6.07) is 6.37. The third-order valence-corrected chi connectivity index (χ3v) is 9.71. The van der Waals surface area contributed by atoms with E-state index in [1.165, 1.54) is 29.6 Å². The van der Waals surface area contributed by atoms with Crippen LogP contribution in [0.4, 0.5) is 0 Å². The number of hydrogen-bond acceptors (Lipinski definition) is 3. The molecule has 0 aromatic heterocycles. The largest absolute Gasteiger partial charge is 0.350 e. The first-order valence-electron chi connectivity index (χ1n) is 10.9. The third kappa shape index (κ3) is 3.72. The zero-order chi connectivity index (χ0) is 20.2. The zero-order valence-electron chi connectivity index (χ0n) is 16.6. The fourth-order valence-electron chi connectivity index (χ4n) is 6.78. The minimum Gasteiger partial charge on any atom is -0.350 e. The van der Waals surface area contributed by atoms with E-state index in [9.17, 15) is 13.2 Å². The molecule has 1 N–H and O–H groups in total. The van der Waals surface area contributed by atoms with E-state index >= 15 is 0 Å². The molecule has 1 atom stereocenters. The molecule has 5 nitrogen and oxygen atoms in total. The molecule has 5 fully saturated rings. The van der Waals surface area contributed by atoms with Crippen LogP contribution in [-0.4, -0.2) is 37.3 Å². The Hall–Kier alpha value is -1.11. The second-order valence-corrected chi connectivity index (χ2v) is 12.2. The predicted octanol–water partition coefficient (Wildman–Crippen LogP) is 3.83. The second kappa shape index (κ2) is 7.24. The molecule has 7 heteroatoms. The van der Waals surface area contributed by atoms with Crippen molar-refractivity contribution < 1.29 is 13.2 Å². The Labute approximate surface area is 178 Å². The highest BCUT2D eigenvalue weighted by Crippen LogP contribution is 2.55. The van der Waals surface area contributed by atoms with Gasteiger partial charge in [-0.2, -0.15) is 4.31 Å².